The Morgan fingerprint density at radius 3 is 2.33 bits per heavy atom. The number of esters is 1. The Balaban J connectivity index is 1.87. The highest BCUT2D eigenvalue weighted by atomic mass is 32.2. The van der Waals surface area contributed by atoms with Crippen molar-refractivity contribution < 1.29 is 31.9 Å². The first-order chi connectivity index (χ1) is 12.6. The average Bonchev–Trinajstić information content (AvgIpc) is 2.59. The third-order valence-corrected chi connectivity index (χ3v) is 5.82. The van der Waals surface area contributed by atoms with Crippen LogP contribution in [0.1, 0.15) is 13.8 Å². The van der Waals surface area contributed by atoms with E-state index in [1.165, 1.54) is 7.05 Å². The minimum absolute atomic E-state index is 0.111. The maximum Gasteiger partial charge on any atom is 0.321 e. The van der Waals surface area contributed by atoms with E-state index in [-0.39, 0.29) is 23.0 Å². The van der Waals surface area contributed by atoms with Crippen molar-refractivity contribution in [2.75, 3.05) is 33.3 Å². The zero-order chi connectivity index (χ0) is 20.2. The van der Waals surface area contributed by atoms with Crippen molar-refractivity contribution in [3.63, 3.8) is 0 Å². The van der Waals surface area contributed by atoms with Crippen LogP contribution in [-0.4, -0.2) is 75.0 Å². The van der Waals surface area contributed by atoms with Crippen LogP contribution in [0.2, 0.25) is 0 Å². The SMILES string of the molecule is C[C@@H]1CN(C(=O)COC(=O)CN(C)S(=O)(=O)c2ccc(F)cc2)C[C@@H](C)O1. The second kappa shape index (κ2) is 8.77. The molecule has 2 atom stereocenters. The van der Waals surface area contributed by atoms with Crippen LogP contribution in [0.5, 0.6) is 0 Å². The lowest BCUT2D eigenvalue weighted by atomic mass is 10.2. The molecular weight excluding hydrogens is 379 g/mol. The molecule has 0 unspecified atom stereocenters. The molecule has 0 radical (unpaired) electrons. The van der Waals surface area contributed by atoms with Gasteiger partial charge < -0.3 is 14.4 Å². The number of likely N-dealkylation sites (N-methyl/N-ethyl adjacent to an activating group) is 1. The Kier molecular flexibility index (Phi) is 6.90. The number of amides is 1. The summed E-state index contributed by atoms with van der Waals surface area (Å²) in [5.74, 6) is -1.79. The Hall–Kier alpha value is -2.04. The molecule has 1 amide bonds. The monoisotopic (exact) mass is 402 g/mol. The van der Waals surface area contributed by atoms with Gasteiger partial charge in [0.15, 0.2) is 6.61 Å². The molecule has 1 aliphatic heterocycles. The summed E-state index contributed by atoms with van der Waals surface area (Å²) in [5.41, 5.74) is 0. The highest BCUT2D eigenvalue weighted by Crippen LogP contribution is 2.15. The lowest BCUT2D eigenvalue weighted by Crippen LogP contribution is -2.49. The minimum Gasteiger partial charge on any atom is -0.455 e. The van der Waals surface area contributed by atoms with Crippen molar-refractivity contribution in [3.8, 4) is 0 Å². The first kappa shape index (κ1) is 21.3. The first-order valence-corrected chi connectivity index (χ1v) is 9.84. The van der Waals surface area contributed by atoms with Gasteiger partial charge in [0, 0.05) is 20.1 Å². The van der Waals surface area contributed by atoms with E-state index in [0.29, 0.717) is 13.1 Å². The lowest BCUT2D eigenvalue weighted by Gasteiger charge is -2.35. The van der Waals surface area contributed by atoms with Crippen molar-refractivity contribution >= 4 is 21.9 Å². The first-order valence-electron chi connectivity index (χ1n) is 8.40. The van der Waals surface area contributed by atoms with Crippen LogP contribution in [0.25, 0.3) is 0 Å². The number of nitrogens with zero attached hydrogens (tertiary/aromatic N) is 2. The van der Waals surface area contributed by atoms with Gasteiger partial charge in [0.25, 0.3) is 5.91 Å². The average molecular weight is 402 g/mol. The maximum absolute atomic E-state index is 12.9. The maximum atomic E-state index is 12.9. The largest absolute Gasteiger partial charge is 0.455 e. The van der Waals surface area contributed by atoms with Crippen LogP contribution in [0.15, 0.2) is 29.2 Å². The fraction of sp³-hybridized carbons (Fsp3) is 0.529. The quantitative estimate of drug-likeness (QED) is 0.648. The molecule has 1 fully saturated rings. The predicted molar refractivity (Wildman–Crippen MR) is 93.8 cm³/mol. The third-order valence-electron chi connectivity index (χ3n) is 4.00. The van der Waals surface area contributed by atoms with Crippen molar-refractivity contribution in [1.82, 2.24) is 9.21 Å². The molecule has 0 aliphatic carbocycles. The minimum atomic E-state index is -3.97. The number of hydrogen-bond acceptors (Lipinski definition) is 6. The van der Waals surface area contributed by atoms with Crippen LogP contribution in [0.3, 0.4) is 0 Å². The molecule has 8 nitrogen and oxygen atoms in total. The van der Waals surface area contributed by atoms with Crippen molar-refractivity contribution in [1.29, 1.82) is 0 Å². The summed E-state index contributed by atoms with van der Waals surface area (Å²) in [6.45, 7) is 3.46. The van der Waals surface area contributed by atoms with Gasteiger partial charge in [-0.25, -0.2) is 12.8 Å². The van der Waals surface area contributed by atoms with Crippen molar-refractivity contribution in [2.24, 2.45) is 0 Å². The van der Waals surface area contributed by atoms with E-state index < -0.39 is 35.0 Å². The molecule has 1 saturated heterocycles. The highest BCUT2D eigenvalue weighted by molar-refractivity contribution is 7.89. The summed E-state index contributed by atoms with van der Waals surface area (Å²) in [5, 5.41) is 0. The summed E-state index contributed by atoms with van der Waals surface area (Å²) < 4.78 is 48.9. The molecular formula is C17H23FN2O6S. The van der Waals surface area contributed by atoms with Gasteiger partial charge in [-0.1, -0.05) is 0 Å². The van der Waals surface area contributed by atoms with Gasteiger partial charge in [0.2, 0.25) is 10.0 Å². The van der Waals surface area contributed by atoms with Crippen LogP contribution in [-0.2, 0) is 29.1 Å². The van der Waals surface area contributed by atoms with Gasteiger partial charge in [0.05, 0.1) is 17.1 Å². The Morgan fingerprint density at radius 2 is 1.78 bits per heavy atom. The van der Waals surface area contributed by atoms with Gasteiger partial charge in [-0.15, -0.1) is 0 Å². The van der Waals surface area contributed by atoms with Crippen LogP contribution < -0.4 is 0 Å². The second-order valence-corrected chi connectivity index (χ2v) is 8.48. The molecule has 0 N–H and O–H groups in total. The van der Waals surface area contributed by atoms with Gasteiger partial charge in [-0.05, 0) is 38.1 Å². The molecule has 150 valence electrons. The van der Waals surface area contributed by atoms with Crippen LogP contribution >= 0.6 is 0 Å². The number of sulfonamides is 1. The molecule has 2 rings (SSSR count). The molecule has 27 heavy (non-hydrogen) atoms. The molecule has 1 aromatic carbocycles. The molecule has 1 aromatic rings. The Morgan fingerprint density at radius 1 is 1.22 bits per heavy atom. The molecule has 0 saturated carbocycles. The van der Waals surface area contributed by atoms with E-state index >= 15 is 0 Å². The third kappa shape index (κ3) is 5.72. The fourth-order valence-electron chi connectivity index (χ4n) is 2.71. The Bertz CT molecular complexity index is 773. The number of carbonyl (C=O) groups excluding carboxylic acids is 2. The molecule has 0 bridgehead atoms. The zero-order valence-electron chi connectivity index (χ0n) is 15.4. The normalized spacial score (nSPS) is 20.6. The smallest absolute Gasteiger partial charge is 0.321 e. The number of ether oxygens (including phenoxy) is 2. The Labute approximate surface area is 157 Å². The van der Waals surface area contributed by atoms with Crippen LogP contribution in [0.4, 0.5) is 4.39 Å². The van der Waals surface area contributed by atoms with E-state index in [0.717, 1.165) is 28.6 Å². The van der Waals surface area contributed by atoms with E-state index in [9.17, 15) is 22.4 Å². The standard InChI is InChI=1S/C17H23FN2O6S/c1-12-8-20(9-13(2)26-12)16(21)11-25-17(22)10-19(3)27(23,24)15-6-4-14(18)5-7-15/h4-7,12-13H,8-11H2,1-3H3/t12-,13-/m1/s1. The fourth-order valence-corrected chi connectivity index (χ4v) is 3.83. The van der Waals surface area contributed by atoms with Gasteiger partial charge in [-0.2, -0.15) is 4.31 Å². The zero-order valence-corrected chi connectivity index (χ0v) is 16.2. The number of benzene rings is 1. The summed E-state index contributed by atoms with van der Waals surface area (Å²) in [6.07, 6.45) is -0.222. The van der Waals surface area contributed by atoms with Gasteiger partial charge >= 0.3 is 5.97 Å². The van der Waals surface area contributed by atoms with Gasteiger partial charge in [-0.3, -0.25) is 9.59 Å². The number of hydrogen-bond donors (Lipinski definition) is 0. The molecule has 0 spiro atoms. The van der Waals surface area contributed by atoms with E-state index in [4.69, 9.17) is 9.47 Å². The van der Waals surface area contributed by atoms with Gasteiger partial charge in [0.1, 0.15) is 12.4 Å². The molecule has 0 aromatic heterocycles. The van der Waals surface area contributed by atoms with E-state index in [1.54, 1.807) is 4.90 Å². The molecule has 10 heteroatoms. The van der Waals surface area contributed by atoms with Crippen molar-refractivity contribution in [2.45, 2.75) is 31.0 Å². The predicted octanol–water partition coefficient (Wildman–Crippen LogP) is 0.625. The topological polar surface area (TPSA) is 93.2 Å². The van der Waals surface area contributed by atoms with E-state index in [2.05, 4.69) is 0 Å². The molecule has 1 aliphatic rings. The summed E-state index contributed by atoms with van der Waals surface area (Å²) in [7, 11) is -2.77. The summed E-state index contributed by atoms with van der Waals surface area (Å²) in [6, 6.07) is 4.25. The highest BCUT2D eigenvalue weighted by Gasteiger charge is 2.27. The number of halogens is 1. The number of morpholine rings is 1. The van der Waals surface area contributed by atoms with Crippen LogP contribution in [0, 0.1) is 5.82 Å². The number of carbonyl (C=O) groups is 2. The molecule has 1 heterocycles. The van der Waals surface area contributed by atoms with Crippen molar-refractivity contribution in [3.05, 3.63) is 30.1 Å². The number of rotatable bonds is 6. The van der Waals surface area contributed by atoms with E-state index in [1.807, 2.05) is 13.8 Å². The summed E-state index contributed by atoms with van der Waals surface area (Å²) in [4.78, 5) is 25.5. The second-order valence-electron chi connectivity index (χ2n) is 6.43. The lowest BCUT2D eigenvalue weighted by molar-refractivity contribution is -0.157. The summed E-state index contributed by atoms with van der Waals surface area (Å²) >= 11 is 0.